The Morgan fingerprint density at radius 2 is 2.00 bits per heavy atom. The van der Waals surface area contributed by atoms with Crippen LogP contribution >= 0.6 is 0 Å². The van der Waals surface area contributed by atoms with Crippen molar-refractivity contribution in [3.05, 3.63) is 24.3 Å². The lowest BCUT2D eigenvalue weighted by Crippen LogP contribution is -2.40. The maximum absolute atomic E-state index is 11.6. The molecule has 17 heavy (non-hydrogen) atoms. The number of nitrogens with one attached hydrogen (secondary N) is 1. The summed E-state index contributed by atoms with van der Waals surface area (Å²) in [6.45, 7) is 3.44. The van der Waals surface area contributed by atoms with E-state index in [2.05, 4.69) is 15.3 Å². The average molecular weight is 237 g/mol. The monoisotopic (exact) mass is 237 g/mol. The zero-order valence-electron chi connectivity index (χ0n) is 9.80. The quantitative estimate of drug-likeness (QED) is 0.786. The molecular formula is C11H15N3O3. The summed E-state index contributed by atoms with van der Waals surface area (Å²) in [6, 6.07) is 0. The minimum atomic E-state index is -0.953. The molecule has 0 radical (unpaired) electrons. The third-order valence-corrected chi connectivity index (χ3v) is 2.76. The molecule has 0 saturated carbocycles. The maximum Gasteiger partial charge on any atom is 0.311 e. The topological polar surface area (TPSA) is 92.2 Å². The van der Waals surface area contributed by atoms with E-state index in [9.17, 15) is 9.59 Å². The van der Waals surface area contributed by atoms with Crippen molar-refractivity contribution in [2.75, 3.05) is 6.54 Å². The van der Waals surface area contributed by atoms with E-state index in [1.165, 1.54) is 18.7 Å². The van der Waals surface area contributed by atoms with Crippen LogP contribution in [-0.4, -0.2) is 33.5 Å². The molecule has 92 valence electrons. The van der Waals surface area contributed by atoms with Gasteiger partial charge in [0, 0.05) is 18.9 Å². The van der Waals surface area contributed by atoms with Gasteiger partial charge in [0.1, 0.15) is 6.33 Å². The fourth-order valence-electron chi connectivity index (χ4n) is 1.15. The van der Waals surface area contributed by atoms with E-state index in [1.807, 2.05) is 0 Å². The number of nitrogens with zero attached hydrogens (tertiary/aromatic N) is 2. The van der Waals surface area contributed by atoms with Gasteiger partial charge >= 0.3 is 5.97 Å². The molecule has 0 spiro atoms. The van der Waals surface area contributed by atoms with Gasteiger partial charge in [-0.25, -0.2) is 9.97 Å². The highest BCUT2D eigenvalue weighted by Crippen LogP contribution is 2.19. The van der Waals surface area contributed by atoms with Crippen LogP contribution in [0, 0.1) is 5.41 Å². The van der Waals surface area contributed by atoms with E-state index in [1.54, 1.807) is 13.8 Å². The molecule has 1 amide bonds. The normalized spacial score (nSPS) is 13.8. The second kappa shape index (κ2) is 5.38. The van der Waals surface area contributed by atoms with Gasteiger partial charge in [0.15, 0.2) is 0 Å². The first-order valence-corrected chi connectivity index (χ1v) is 5.26. The van der Waals surface area contributed by atoms with Crippen molar-refractivity contribution < 1.29 is 14.7 Å². The number of amides is 1. The molecule has 1 rings (SSSR count). The molecule has 0 bridgehead atoms. The largest absolute Gasteiger partial charge is 0.481 e. The Morgan fingerprint density at radius 1 is 1.41 bits per heavy atom. The predicted molar refractivity (Wildman–Crippen MR) is 60.4 cm³/mol. The molecule has 0 aromatic carbocycles. The molecule has 1 unspecified atom stereocenters. The first-order valence-electron chi connectivity index (χ1n) is 5.26. The SMILES string of the molecule is CCC(C)(CNC(=O)c1cncnc1)C(=O)O. The summed E-state index contributed by atoms with van der Waals surface area (Å²) in [7, 11) is 0. The molecular weight excluding hydrogens is 222 g/mol. The number of carbonyl (C=O) groups excluding carboxylic acids is 1. The molecule has 0 saturated heterocycles. The van der Waals surface area contributed by atoms with Gasteiger partial charge in [-0.2, -0.15) is 0 Å². The van der Waals surface area contributed by atoms with Crippen LogP contribution in [0.5, 0.6) is 0 Å². The van der Waals surface area contributed by atoms with Crippen LogP contribution in [0.2, 0.25) is 0 Å². The summed E-state index contributed by atoms with van der Waals surface area (Å²) < 4.78 is 0. The standard InChI is InChI=1S/C11H15N3O3/c1-3-11(2,10(16)17)6-14-9(15)8-4-12-7-13-5-8/h4-5,7H,3,6H2,1-2H3,(H,14,15)(H,16,17). The number of aliphatic carboxylic acids is 1. The van der Waals surface area contributed by atoms with E-state index in [-0.39, 0.29) is 12.5 Å². The first-order chi connectivity index (χ1) is 7.99. The number of carbonyl (C=O) groups is 2. The Labute approximate surface area is 99.1 Å². The van der Waals surface area contributed by atoms with Crippen LogP contribution < -0.4 is 5.32 Å². The molecule has 1 aromatic rings. The summed E-state index contributed by atoms with van der Waals surface area (Å²) in [5.41, 5.74) is -0.637. The Bertz CT molecular complexity index is 408. The van der Waals surface area contributed by atoms with Crippen molar-refractivity contribution in [2.24, 2.45) is 5.41 Å². The van der Waals surface area contributed by atoms with Gasteiger partial charge in [0.2, 0.25) is 0 Å². The van der Waals surface area contributed by atoms with E-state index >= 15 is 0 Å². The highest BCUT2D eigenvalue weighted by molar-refractivity contribution is 5.93. The summed E-state index contributed by atoms with van der Waals surface area (Å²) >= 11 is 0. The third kappa shape index (κ3) is 3.24. The van der Waals surface area contributed by atoms with Crippen LogP contribution in [-0.2, 0) is 4.79 Å². The number of carboxylic acid groups (broad SMARTS) is 1. The minimum absolute atomic E-state index is 0.0760. The number of aromatic nitrogens is 2. The van der Waals surface area contributed by atoms with Gasteiger partial charge in [-0.1, -0.05) is 6.92 Å². The van der Waals surface area contributed by atoms with Crippen LogP contribution in [0.3, 0.4) is 0 Å². The number of hydrogen-bond acceptors (Lipinski definition) is 4. The minimum Gasteiger partial charge on any atom is -0.481 e. The summed E-state index contributed by atoms with van der Waals surface area (Å²) in [5.74, 6) is -1.30. The van der Waals surface area contributed by atoms with Gasteiger partial charge in [0.25, 0.3) is 5.91 Å². The summed E-state index contributed by atoms with van der Waals surface area (Å²) in [6.07, 6.45) is 4.52. The Morgan fingerprint density at radius 3 is 2.47 bits per heavy atom. The number of hydrogen-bond donors (Lipinski definition) is 2. The van der Waals surface area contributed by atoms with E-state index in [4.69, 9.17) is 5.11 Å². The molecule has 0 aliphatic carbocycles. The van der Waals surface area contributed by atoms with Crippen molar-refractivity contribution in [2.45, 2.75) is 20.3 Å². The van der Waals surface area contributed by atoms with Crippen molar-refractivity contribution in [1.29, 1.82) is 0 Å². The fraction of sp³-hybridized carbons (Fsp3) is 0.455. The van der Waals surface area contributed by atoms with Crippen molar-refractivity contribution in [1.82, 2.24) is 15.3 Å². The highest BCUT2D eigenvalue weighted by atomic mass is 16.4. The van der Waals surface area contributed by atoms with E-state index in [0.29, 0.717) is 12.0 Å². The smallest absolute Gasteiger partial charge is 0.311 e. The first kappa shape index (κ1) is 13.1. The predicted octanol–water partition coefficient (Wildman–Crippen LogP) is 0.707. The molecule has 1 heterocycles. The van der Waals surface area contributed by atoms with Crippen LogP contribution in [0.15, 0.2) is 18.7 Å². The zero-order chi connectivity index (χ0) is 12.9. The Kier molecular flexibility index (Phi) is 4.14. The Balaban J connectivity index is 2.63. The third-order valence-electron chi connectivity index (χ3n) is 2.76. The van der Waals surface area contributed by atoms with Gasteiger partial charge in [0.05, 0.1) is 11.0 Å². The lowest BCUT2D eigenvalue weighted by Gasteiger charge is -2.23. The van der Waals surface area contributed by atoms with E-state index in [0.717, 1.165) is 0 Å². The lowest BCUT2D eigenvalue weighted by molar-refractivity contribution is -0.147. The number of carboxylic acids is 1. The molecule has 0 aliphatic heterocycles. The number of rotatable bonds is 5. The average Bonchev–Trinajstić information content (AvgIpc) is 2.36. The van der Waals surface area contributed by atoms with Crippen LogP contribution in [0.4, 0.5) is 0 Å². The molecule has 1 atom stereocenters. The van der Waals surface area contributed by atoms with Crippen molar-refractivity contribution >= 4 is 11.9 Å². The zero-order valence-corrected chi connectivity index (χ0v) is 9.80. The van der Waals surface area contributed by atoms with Crippen LogP contribution in [0.25, 0.3) is 0 Å². The molecule has 6 nitrogen and oxygen atoms in total. The summed E-state index contributed by atoms with van der Waals surface area (Å²) in [4.78, 5) is 30.1. The van der Waals surface area contributed by atoms with Gasteiger partial charge < -0.3 is 10.4 Å². The maximum atomic E-state index is 11.6. The molecule has 6 heteroatoms. The molecule has 2 N–H and O–H groups in total. The van der Waals surface area contributed by atoms with Crippen molar-refractivity contribution in [3.63, 3.8) is 0 Å². The summed E-state index contributed by atoms with van der Waals surface area (Å²) in [5, 5.41) is 11.6. The van der Waals surface area contributed by atoms with Gasteiger partial charge in [-0.15, -0.1) is 0 Å². The van der Waals surface area contributed by atoms with E-state index < -0.39 is 11.4 Å². The van der Waals surface area contributed by atoms with Gasteiger partial charge in [-0.05, 0) is 13.3 Å². The lowest BCUT2D eigenvalue weighted by atomic mass is 9.87. The fourth-order valence-corrected chi connectivity index (χ4v) is 1.15. The molecule has 0 fully saturated rings. The van der Waals surface area contributed by atoms with Crippen molar-refractivity contribution in [3.8, 4) is 0 Å². The molecule has 0 aliphatic rings. The second-order valence-electron chi connectivity index (χ2n) is 4.03. The van der Waals surface area contributed by atoms with Crippen LogP contribution in [0.1, 0.15) is 30.6 Å². The highest BCUT2D eigenvalue weighted by Gasteiger charge is 2.31. The second-order valence-corrected chi connectivity index (χ2v) is 4.03. The Hall–Kier alpha value is -1.98. The van der Waals surface area contributed by atoms with Gasteiger partial charge in [-0.3, -0.25) is 9.59 Å². The molecule has 1 aromatic heterocycles.